The minimum atomic E-state index is 0.166. The molecule has 84 valence electrons. The van der Waals surface area contributed by atoms with Crippen LogP contribution in [0.15, 0.2) is 10.7 Å². The Hall–Kier alpha value is -0.350. The highest BCUT2D eigenvalue weighted by Gasteiger charge is 2.37. The third-order valence-corrected chi connectivity index (χ3v) is 3.98. The van der Waals surface area contributed by atoms with Gasteiger partial charge in [-0.15, -0.1) is 0 Å². The topological polar surface area (TPSA) is 43.8 Å². The quantitative estimate of drug-likeness (QED) is 0.915. The van der Waals surface area contributed by atoms with Gasteiger partial charge < -0.3 is 5.73 Å². The lowest BCUT2D eigenvalue weighted by atomic mass is 9.98. The van der Waals surface area contributed by atoms with Crippen molar-refractivity contribution < 1.29 is 0 Å². The van der Waals surface area contributed by atoms with Crippen LogP contribution >= 0.6 is 15.9 Å². The minimum absolute atomic E-state index is 0.166. The molecule has 1 fully saturated rings. The van der Waals surface area contributed by atoms with Crippen LogP contribution in [0.1, 0.15) is 44.2 Å². The van der Waals surface area contributed by atoms with E-state index in [9.17, 15) is 0 Å². The maximum Gasteiger partial charge on any atom is 0.0635 e. The van der Waals surface area contributed by atoms with E-state index in [-0.39, 0.29) is 5.54 Å². The first kappa shape index (κ1) is 11.1. The van der Waals surface area contributed by atoms with E-state index in [1.54, 1.807) is 0 Å². The van der Waals surface area contributed by atoms with Gasteiger partial charge in [0.15, 0.2) is 0 Å². The molecule has 1 saturated carbocycles. The van der Waals surface area contributed by atoms with Gasteiger partial charge in [-0.3, -0.25) is 4.68 Å². The van der Waals surface area contributed by atoms with Gasteiger partial charge in [0.2, 0.25) is 0 Å². The summed E-state index contributed by atoms with van der Waals surface area (Å²) >= 11 is 3.54. The van der Waals surface area contributed by atoms with Gasteiger partial charge in [0.05, 0.1) is 16.4 Å². The SMILES string of the molecule is CC(CCC1(N)CC1)c1c(Br)cnn1C. The van der Waals surface area contributed by atoms with Gasteiger partial charge in [-0.25, -0.2) is 0 Å². The van der Waals surface area contributed by atoms with Crippen LogP contribution in [0, 0.1) is 0 Å². The molecule has 0 aromatic carbocycles. The summed E-state index contributed by atoms with van der Waals surface area (Å²) in [5.41, 5.74) is 7.53. The van der Waals surface area contributed by atoms with Crippen molar-refractivity contribution in [1.82, 2.24) is 9.78 Å². The van der Waals surface area contributed by atoms with Gasteiger partial charge in [0.25, 0.3) is 0 Å². The van der Waals surface area contributed by atoms with Crippen LogP contribution < -0.4 is 5.73 Å². The first-order valence-corrected chi connectivity index (χ1v) is 6.27. The average Bonchev–Trinajstić information content (AvgIpc) is 2.82. The lowest BCUT2D eigenvalue weighted by Gasteiger charge is -2.15. The van der Waals surface area contributed by atoms with E-state index in [2.05, 4.69) is 28.0 Å². The van der Waals surface area contributed by atoms with Gasteiger partial charge >= 0.3 is 0 Å². The van der Waals surface area contributed by atoms with Crippen molar-refractivity contribution in [3.63, 3.8) is 0 Å². The van der Waals surface area contributed by atoms with E-state index in [4.69, 9.17) is 5.73 Å². The fourth-order valence-corrected chi connectivity index (χ4v) is 2.76. The predicted octanol–water partition coefficient (Wildman–Crippen LogP) is 2.56. The molecule has 1 atom stereocenters. The highest BCUT2D eigenvalue weighted by Crippen LogP contribution is 2.39. The minimum Gasteiger partial charge on any atom is -0.325 e. The lowest BCUT2D eigenvalue weighted by molar-refractivity contribution is 0.511. The van der Waals surface area contributed by atoms with E-state index < -0.39 is 0 Å². The lowest BCUT2D eigenvalue weighted by Crippen LogP contribution is -2.22. The van der Waals surface area contributed by atoms with Crippen molar-refractivity contribution in [2.75, 3.05) is 0 Å². The Bertz CT molecular complexity index is 335. The Morgan fingerprint density at radius 1 is 1.67 bits per heavy atom. The standard InChI is InChI=1S/C11H18BrN3/c1-8(3-4-11(13)5-6-11)10-9(12)7-14-15(10)2/h7-8H,3-6,13H2,1-2H3. The van der Waals surface area contributed by atoms with Gasteiger partial charge in [-0.05, 0) is 47.5 Å². The van der Waals surface area contributed by atoms with Crippen molar-refractivity contribution in [1.29, 1.82) is 0 Å². The second kappa shape index (κ2) is 3.91. The highest BCUT2D eigenvalue weighted by molar-refractivity contribution is 9.10. The number of nitrogens with two attached hydrogens (primary N) is 1. The molecule has 2 rings (SSSR count). The Balaban J connectivity index is 1.98. The maximum atomic E-state index is 6.09. The number of rotatable bonds is 4. The van der Waals surface area contributed by atoms with Crippen LogP contribution in [0.2, 0.25) is 0 Å². The molecule has 1 aromatic rings. The molecule has 1 aromatic heterocycles. The molecular formula is C11H18BrN3. The Labute approximate surface area is 99.2 Å². The molecule has 2 N–H and O–H groups in total. The van der Waals surface area contributed by atoms with E-state index in [0.717, 1.165) is 17.3 Å². The molecule has 1 aliphatic carbocycles. The normalized spacial score (nSPS) is 20.3. The predicted molar refractivity (Wildman–Crippen MR) is 64.7 cm³/mol. The Morgan fingerprint density at radius 2 is 2.33 bits per heavy atom. The molecule has 1 unspecified atom stereocenters. The molecule has 4 heteroatoms. The van der Waals surface area contributed by atoms with Crippen molar-refractivity contribution >= 4 is 15.9 Å². The summed E-state index contributed by atoms with van der Waals surface area (Å²) in [5, 5.41) is 4.24. The molecule has 3 nitrogen and oxygen atoms in total. The third-order valence-electron chi connectivity index (χ3n) is 3.37. The fourth-order valence-electron chi connectivity index (χ4n) is 2.03. The molecule has 0 radical (unpaired) electrons. The molecule has 0 bridgehead atoms. The van der Waals surface area contributed by atoms with Crippen LogP contribution in [0.25, 0.3) is 0 Å². The summed E-state index contributed by atoms with van der Waals surface area (Å²) in [6, 6.07) is 0. The number of hydrogen-bond donors (Lipinski definition) is 1. The van der Waals surface area contributed by atoms with Crippen LogP contribution in [0.5, 0.6) is 0 Å². The zero-order valence-corrected chi connectivity index (χ0v) is 10.9. The molecule has 0 aliphatic heterocycles. The number of nitrogens with zero attached hydrogens (tertiary/aromatic N) is 2. The van der Waals surface area contributed by atoms with E-state index >= 15 is 0 Å². The maximum absolute atomic E-state index is 6.09. The van der Waals surface area contributed by atoms with Gasteiger partial charge in [-0.1, -0.05) is 6.92 Å². The molecular weight excluding hydrogens is 254 g/mol. The zero-order chi connectivity index (χ0) is 11.1. The van der Waals surface area contributed by atoms with Crippen LogP contribution in [-0.4, -0.2) is 15.3 Å². The summed E-state index contributed by atoms with van der Waals surface area (Å²) in [6.07, 6.45) is 6.54. The first-order valence-electron chi connectivity index (χ1n) is 5.48. The second-order valence-electron chi connectivity index (χ2n) is 4.80. The summed E-state index contributed by atoms with van der Waals surface area (Å²) in [5.74, 6) is 0.521. The smallest absolute Gasteiger partial charge is 0.0635 e. The molecule has 0 saturated heterocycles. The molecule has 15 heavy (non-hydrogen) atoms. The van der Waals surface area contributed by atoms with Crippen LogP contribution in [0.4, 0.5) is 0 Å². The second-order valence-corrected chi connectivity index (χ2v) is 5.66. The summed E-state index contributed by atoms with van der Waals surface area (Å²) < 4.78 is 3.06. The Kier molecular flexibility index (Phi) is 2.90. The summed E-state index contributed by atoms with van der Waals surface area (Å²) in [7, 11) is 1.99. The molecule has 0 spiro atoms. The largest absolute Gasteiger partial charge is 0.325 e. The van der Waals surface area contributed by atoms with Crippen LogP contribution in [0.3, 0.4) is 0 Å². The first-order chi connectivity index (χ1) is 7.02. The summed E-state index contributed by atoms with van der Waals surface area (Å²) in [6.45, 7) is 2.24. The Morgan fingerprint density at radius 3 is 2.80 bits per heavy atom. The van der Waals surface area contributed by atoms with Crippen molar-refractivity contribution in [3.05, 3.63) is 16.4 Å². The number of halogens is 1. The van der Waals surface area contributed by atoms with Crippen molar-refractivity contribution in [2.45, 2.75) is 44.1 Å². The van der Waals surface area contributed by atoms with E-state index in [1.165, 1.54) is 18.5 Å². The van der Waals surface area contributed by atoms with Gasteiger partial charge in [-0.2, -0.15) is 5.10 Å². The molecule has 1 aliphatic rings. The van der Waals surface area contributed by atoms with E-state index in [0.29, 0.717) is 5.92 Å². The molecule has 0 amide bonds. The number of aryl methyl sites for hydroxylation is 1. The number of hydrogen-bond acceptors (Lipinski definition) is 2. The van der Waals surface area contributed by atoms with Gasteiger partial charge in [0, 0.05) is 12.6 Å². The van der Waals surface area contributed by atoms with Crippen molar-refractivity contribution in [3.8, 4) is 0 Å². The third kappa shape index (κ3) is 2.42. The number of aromatic nitrogens is 2. The average molecular weight is 272 g/mol. The monoisotopic (exact) mass is 271 g/mol. The van der Waals surface area contributed by atoms with Crippen molar-refractivity contribution in [2.24, 2.45) is 12.8 Å². The highest BCUT2D eigenvalue weighted by atomic mass is 79.9. The van der Waals surface area contributed by atoms with Crippen LogP contribution in [-0.2, 0) is 7.05 Å². The van der Waals surface area contributed by atoms with E-state index in [1.807, 2.05) is 17.9 Å². The zero-order valence-electron chi connectivity index (χ0n) is 9.33. The summed E-state index contributed by atoms with van der Waals surface area (Å²) in [4.78, 5) is 0. The van der Waals surface area contributed by atoms with Gasteiger partial charge in [0.1, 0.15) is 0 Å². The fraction of sp³-hybridized carbons (Fsp3) is 0.727. The molecule has 1 heterocycles.